The van der Waals surface area contributed by atoms with Gasteiger partial charge in [-0.25, -0.2) is 0 Å². The molecule has 1 heterocycles. The molecule has 1 aliphatic heterocycles. The highest BCUT2D eigenvalue weighted by molar-refractivity contribution is 7.99. The zero-order valence-electron chi connectivity index (χ0n) is 23.9. The van der Waals surface area contributed by atoms with Crippen LogP contribution in [0.2, 0.25) is 0 Å². The fourth-order valence-electron chi connectivity index (χ4n) is 4.04. The average Bonchev–Trinajstić information content (AvgIpc) is 2.96. The third kappa shape index (κ3) is 11.2. The molecule has 2 aromatic rings. The van der Waals surface area contributed by atoms with Crippen molar-refractivity contribution in [3.05, 3.63) is 64.7 Å². The summed E-state index contributed by atoms with van der Waals surface area (Å²) < 4.78 is 6.33. The van der Waals surface area contributed by atoms with E-state index in [9.17, 15) is 24.9 Å². The number of rotatable bonds is 9. The molecule has 1 aliphatic rings. The number of phenols is 1. The molecule has 1 saturated heterocycles. The zero-order chi connectivity index (χ0) is 29.7. The van der Waals surface area contributed by atoms with Crippen LogP contribution in [0.5, 0.6) is 11.5 Å². The lowest BCUT2D eigenvalue weighted by Gasteiger charge is -2.23. The first kappa shape index (κ1) is 33.2. The van der Waals surface area contributed by atoms with Gasteiger partial charge in [-0.2, -0.15) is 0 Å². The van der Waals surface area contributed by atoms with Gasteiger partial charge in [-0.3, -0.25) is 9.59 Å². The Morgan fingerprint density at radius 1 is 1.18 bits per heavy atom. The van der Waals surface area contributed by atoms with E-state index in [2.05, 4.69) is 48.7 Å². The van der Waals surface area contributed by atoms with Crippen LogP contribution in [-0.4, -0.2) is 56.6 Å². The fourth-order valence-corrected chi connectivity index (χ4v) is 5.18. The van der Waals surface area contributed by atoms with E-state index < -0.39 is 17.6 Å². The van der Waals surface area contributed by atoms with Gasteiger partial charge < -0.3 is 31.1 Å². The molecule has 0 aromatic heterocycles. The molecule has 9 heteroatoms. The third-order valence-electron chi connectivity index (χ3n) is 6.63. The largest absolute Gasteiger partial charge is 0.508 e. The van der Waals surface area contributed by atoms with Crippen LogP contribution in [-0.2, 0) is 16.0 Å². The van der Waals surface area contributed by atoms with Gasteiger partial charge in [0.15, 0.2) is 0 Å². The van der Waals surface area contributed by atoms with Crippen LogP contribution in [0.25, 0.3) is 6.08 Å². The van der Waals surface area contributed by atoms with Gasteiger partial charge >= 0.3 is 0 Å². The van der Waals surface area contributed by atoms with Gasteiger partial charge in [0.1, 0.15) is 22.5 Å². The highest BCUT2D eigenvalue weighted by Gasteiger charge is 2.24. The van der Waals surface area contributed by atoms with Crippen molar-refractivity contribution in [3.63, 3.8) is 0 Å². The Morgan fingerprint density at radius 3 is 2.45 bits per heavy atom. The first-order chi connectivity index (χ1) is 18.9. The maximum atomic E-state index is 10.4. The molecular formula is C31H44N2O6S. The van der Waals surface area contributed by atoms with Crippen LogP contribution in [0.3, 0.4) is 0 Å². The number of hydrogen-bond acceptors (Lipinski definition) is 7. The molecule has 220 valence electrons. The number of aryl methyl sites for hydroxylation is 1. The minimum atomic E-state index is -0.929. The molecule has 0 spiro atoms. The number of phenolic OH excluding ortho intramolecular Hbond substituents is 1. The first-order valence-corrected chi connectivity index (χ1v) is 14.7. The van der Waals surface area contributed by atoms with Crippen molar-refractivity contribution in [3.8, 4) is 11.5 Å². The van der Waals surface area contributed by atoms with Gasteiger partial charge in [0.25, 0.3) is 0 Å². The lowest BCUT2D eigenvalue weighted by atomic mass is 9.98. The maximum absolute atomic E-state index is 10.4. The van der Waals surface area contributed by atoms with Gasteiger partial charge in [0.05, 0.1) is 12.2 Å². The van der Waals surface area contributed by atoms with E-state index in [-0.39, 0.29) is 17.3 Å². The number of hydrogen-bond donors (Lipinski definition) is 5. The van der Waals surface area contributed by atoms with Gasteiger partial charge in [0.2, 0.25) is 12.3 Å². The van der Waals surface area contributed by atoms with E-state index in [0.29, 0.717) is 43.6 Å². The van der Waals surface area contributed by atoms with Crippen LogP contribution in [0, 0.1) is 6.92 Å². The van der Waals surface area contributed by atoms with E-state index in [0.717, 1.165) is 24.0 Å². The predicted octanol–water partition coefficient (Wildman–Crippen LogP) is 4.44. The number of amides is 2. The SMILES string of the molecule is CC(C)(NC=O)C(N)=O.CC/C=C/c1ccc(Cc2c(C)cc(O)cc2OC2CC(O)CCCC(O)CS2)cc1. The van der Waals surface area contributed by atoms with E-state index in [1.165, 1.54) is 36.7 Å². The van der Waals surface area contributed by atoms with Crippen molar-refractivity contribution >= 4 is 30.2 Å². The Morgan fingerprint density at radius 2 is 1.85 bits per heavy atom. The molecule has 2 amide bonds. The summed E-state index contributed by atoms with van der Waals surface area (Å²) in [6.07, 6.45) is 8.29. The number of ether oxygens (including phenoxy) is 1. The van der Waals surface area contributed by atoms with Gasteiger partial charge in [-0.05, 0) is 69.2 Å². The molecule has 0 aliphatic carbocycles. The number of aromatic hydroxyl groups is 1. The number of allylic oxidation sites excluding steroid dienone is 1. The number of aliphatic hydroxyl groups is 2. The summed E-state index contributed by atoms with van der Waals surface area (Å²) in [5, 5.41) is 32.9. The van der Waals surface area contributed by atoms with Crippen LogP contribution in [0.15, 0.2) is 42.5 Å². The minimum Gasteiger partial charge on any atom is -0.508 e. The topological polar surface area (TPSA) is 142 Å². The van der Waals surface area contributed by atoms with Crippen molar-refractivity contribution in [1.29, 1.82) is 0 Å². The molecule has 0 saturated carbocycles. The van der Waals surface area contributed by atoms with Crippen LogP contribution < -0.4 is 15.8 Å². The Balaban J connectivity index is 0.000000536. The Bertz CT molecular complexity index is 1120. The number of aliphatic hydroxyl groups excluding tert-OH is 2. The van der Waals surface area contributed by atoms with Crippen LogP contribution in [0.1, 0.15) is 75.1 Å². The monoisotopic (exact) mass is 572 g/mol. The standard InChI is InChI=1S/C26H34O4S.C5H10N2O2/c1-3-4-6-19-9-11-20(12-10-19)14-24-18(2)13-23(29)15-25(24)30-26-16-21(27)7-5-8-22(28)17-31-26;1-5(2,4(6)9)7-3-8/h4,6,9-13,15,21-22,26-29H,3,5,7-8,14,16-17H2,1-2H3;3H,1-2H3,(H2,6,9)(H,7,8)/b6-4+;. The fraction of sp³-hybridized carbons (Fsp3) is 0.484. The molecule has 3 atom stereocenters. The summed E-state index contributed by atoms with van der Waals surface area (Å²) in [5.74, 6) is 0.850. The van der Waals surface area contributed by atoms with Crippen molar-refractivity contribution in [2.45, 2.75) is 89.4 Å². The van der Waals surface area contributed by atoms with Crippen molar-refractivity contribution < 1.29 is 29.6 Å². The second kappa shape index (κ2) is 16.3. The smallest absolute Gasteiger partial charge is 0.242 e. The molecule has 1 fully saturated rings. The second-order valence-electron chi connectivity index (χ2n) is 10.6. The summed E-state index contributed by atoms with van der Waals surface area (Å²) in [6, 6.07) is 11.9. The molecule has 3 unspecified atom stereocenters. The summed E-state index contributed by atoms with van der Waals surface area (Å²) in [5.41, 5.74) is 8.05. The number of nitrogens with two attached hydrogens (primary N) is 1. The Hall–Kier alpha value is -3.01. The number of nitrogens with one attached hydrogen (secondary N) is 1. The van der Waals surface area contributed by atoms with Crippen molar-refractivity contribution in [2.75, 3.05) is 5.75 Å². The average molecular weight is 573 g/mol. The third-order valence-corrected chi connectivity index (χ3v) is 7.87. The summed E-state index contributed by atoms with van der Waals surface area (Å²) in [7, 11) is 0. The van der Waals surface area contributed by atoms with Gasteiger partial charge in [-0.15, -0.1) is 11.8 Å². The molecule has 2 aromatic carbocycles. The summed E-state index contributed by atoms with van der Waals surface area (Å²) in [4.78, 5) is 20.2. The molecule has 40 heavy (non-hydrogen) atoms. The molecule has 0 bridgehead atoms. The van der Waals surface area contributed by atoms with Crippen molar-refractivity contribution in [2.24, 2.45) is 5.73 Å². The van der Waals surface area contributed by atoms with Crippen LogP contribution in [0.4, 0.5) is 0 Å². The molecule has 0 radical (unpaired) electrons. The first-order valence-electron chi connectivity index (χ1n) is 13.7. The lowest BCUT2D eigenvalue weighted by molar-refractivity contribution is -0.126. The number of carbonyl (C=O) groups excluding carboxylic acids is 2. The quantitative estimate of drug-likeness (QED) is 0.280. The summed E-state index contributed by atoms with van der Waals surface area (Å²) in [6.45, 7) is 7.17. The Kier molecular flexibility index (Phi) is 13.5. The zero-order valence-corrected chi connectivity index (χ0v) is 24.7. The van der Waals surface area contributed by atoms with Gasteiger partial charge in [-0.1, -0.05) is 43.3 Å². The molecule has 6 N–H and O–H groups in total. The number of carbonyl (C=O) groups is 2. The van der Waals surface area contributed by atoms with E-state index in [1.807, 2.05) is 6.92 Å². The second-order valence-corrected chi connectivity index (χ2v) is 11.8. The van der Waals surface area contributed by atoms with E-state index >= 15 is 0 Å². The molecule has 3 rings (SSSR count). The predicted molar refractivity (Wildman–Crippen MR) is 161 cm³/mol. The minimum absolute atomic E-state index is 0.171. The maximum Gasteiger partial charge on any atom is 0.242 e. The van der Waals surface area contributed by atoms with E-state index in [4.69, 9.17) is 10.5 Å². The van der Waals surface area contributed by atoms with E-state index in [1.54, 1.807) is 12.1 Å². The van der Waals surface area contributed by atoms with Gasteiger partial charge in [0, 0.05) is 30.2 Å². The number of primary amides is 1. The highest BCUT2D eigenvalue weighted by Crippen LogP contribution is 2.34. The number of thioether (sulfide) groups is 1. The normalized spacial score (nSPS) is 19.9. The Labute approximate surface area is 242 Å². The summed E-state index contributed by atoms with van der Waals surface area (Å²) >= 11 is 1.53. The lowest BCUT2D eigenvalue weighted by Crippen LogP contribution is -2.49. The highest BCUT2D eigenvalue weighted by atomic mass is 32.2. The van der Waals surface area contributed by atoms with Crippen molar-refractivity contribution in [1.82, 2.24) is 5.32 Å². The van der Waals surface area contributed by atoms with Crippen LogP contribution >= 0.6 is 11.8 Å². The molecule has 8 nitrogen and oxygen atoms in total. The number of benzene rings is 2. The molecular weight excluding hydrogens is 528 g/mol.